The van der Waals surface area contributed by atoms with Gasteiger partial charge < -0.3 is 18.8 Å². The van der Waals surface area contributed by atoms with Crippen molar-refractivity contribution in [3.63, 3.8) is 0 Å². The van der Waals surface area contributed by atoms with Gasteiger partial charge in [0.25, 0.3) is 0 Å². The van der Waals surface area contributed by atoms with Gasteiger partial charge in [-0.1, -0.05) is 35.0 Å². The maximum Gasteiger partial charge on any atom is 0.190 e. The van der Waals surface area contributed by atoms with E-state index < -0.39 is 0 Å². The van der Waals surface area contributed by atoms with E-state index in [2.05, 4.69) is 29.7 Å². The zero-order chi connectivity index (χ0) is 26.2. The summed E-state index contributed by atoms with van der Waals surface area (Å²) in [5.74, 6) is 1.90. The van der Waals surface area contributed by atoms with Gasteiger partial charge in [0.1, 0.15) is 53.9 Å². The second-order valence-corrected chi connectivity index (χ2v) is 11.7. The van der Waals surface area contributed by atoms with E-state index in [4.69, 9.17) is 23.2 Å². The Morgan fingerprint density at radius 2 is 1.14 bits per heavy atom. The molecular weight excluding hydrogens is 535 g/mol. The van der Waals surface area contributed by atoms with Crippen LogP contribution >= 0.6 is 35.0 Å². The van der Waals surface area contributed by atoms with Gasteiger partial charge in [-0.25, -0.2) is 19.9 Å². The molecule has 2 spiro atoms. The minimum Gasteiger partial charge on any atom is -0.345 e. The number of carbonyl (C=O) groups excluding carboxylic acids is 2. The maximum absolute atomic E-state index is 11.7. The van der Waals surface area contributed by atoms with Crippen LogP contribution in [0.25, 0.3) is 0 Å². The monoisotopic (exact) mass is 566 g/mol. The zero-order valence-electron chi connectivity index (χ0n) is 21.2. The third kappa shape index (κ3) is 5.16. The molecule has 10 nitrogen and oxygen atoms in total. The summed E-state index contributed by atoms with van der Waals surface area (Å²) in [5.41, 5.74) is 0.765. The first-order valence-corrected chi connectivity index (χ1v) is 14.6. The highest BCUT2D eigenvalue weighted by atomic mass is 35.5. The second kappa shape index (κ2) is 10.6. The van der Waals surface area contributed by atoms with Crippen LogP contribution in [-0.4, -0.2) is 126 Å². The van der Waals surface area contributed by atoms with E-state index in [1.165, 1.54) is 11.8 Å². The number of hydrogen-bond acceptors (Lipinski definition) is 9. The molecule has 5 rings (SSSR count). The highest BCUT2D eigenvalue weighted by molar-refractivity contribution is 7.98. The molecule has 0 radical (unpaired) electrons. The smallest absolute Gasteiger partial charge is 0.190 e. The number of halogens is 2. The predicted octanol–water partition coefficient (Wildman–Crippen LogP) is 2.22. The van der Waals surface area contributed by atoms with Crippen molar-refractivity contribution in [1.29, 1.82) is 0 Å². The van der Waals surface area contributed by atoms with Crippen molar-refractivity contribution in [3.8, 4) is 0 Å². The van der Waals surface area contributed by atoms with Gasteiger partial charge in [-0.2, -0.15) is 0 Å². The number of quaternary nitrogens is 2. The van der Waals surface area contributed by atoms with Crippen LogP contribution in [-0.2, 0) is 0 Å². The molecule has 2 aromatic rings. The number of carbonyl (C=O) groups is 2. The summed E-state index contributed by atoms with van der Waals surface area (Å²) in [6.07, 6.45) is 3.44. The number of aromatic nitrogens is 4. The van der Waals surface area contributed by atoms with Crippen molar-refractivity contribution in [3.05, 3.63) is 27.3 Å². The molecule has 3 aliphatic rings. The van der Waals surface area contributed by atoms with Crippen molar-refractivity contribution >= 4 is 59.2 Å². The van der Waals surface area contributed by atoms with Crippen LogP contribution in [0.2, 0.25) is 10.3 Å². The quantitative estimate of drug-likeness (QED) is 0.177. The average molecular weight is 568 g/mol. The molecule has 0 bridgehead atoms. The van der Waals surface area contributed by atoms with E-state index in [0.717, 1.165) is 100 Å². The van der Waals surface area contributed by atoms with Crippen LogP contribution in [0.5, 0.6) is 0 Å². The van der Waals surface area contributed by atoms with Crippen molar-refractivity contribution in [2.24, 2.45) is 0 Å². The summed E-state index contributed by atoms with van der Waals surface area (Å²) in [4.78, 5) is 45.2. The SMILES string of the molecule is CSc1nc(Cl)c(C=O)c(N2CC[N+]3(CC2)CC[N+]2(CCN(c4nc(C)nc(Cl)c4C=O)CC2)CC3)n1. The summed E-state index contributed by atoms with van der Waals surface area (Å²) in [7, 11) is 0. The summed E-state index contributed by atoms with van der Waals surface area (Å²) in [5, 5.41) is 1.04. The Hall–Kier alpha value is -2.05. The lowest BCUT2D eigenvalue weighted by Gasteiger charge is -2.54. The third-order valence-corrected chi connectivity index (χ3v) is 9.47. The largest absolute Gasteiger partial charge is 0.345 e. The van der Waals surface area contributed by atoms with Gasteiger partial charge in [0.2, 0.25) is 0 Å². The Labute approximate surface area is 231 Å². The van der Waals surface area contributed by atoms with Crippen molar-refractivity contribution in [1.82, 2.24) is 19.9 Å². The van der Waals surface area contributed by atoms with E-state index in [0.29, 0.717) is 33.7 Å². The number of anilines is 2. The van der Waals surface area contributed by atoms with Gasteiger partial charge >= 0.3 is 0 Å². The first-order chi connectivity index (χ1) is 17.8. The fourth-order valence-corrected chi connectivity index (χ4v) is 6.76. The first-order valence-electron chi connectivity index (χ1n) is 12.6. The predicted molar refractivity (Wildman–Crippen MR) is 145 cm³/mol. The summed E-state index contributed by atoms with van der Waals surface area (Å²) < 4.78 is 2.23. The van der Waals surface area contributed by atoms with Gasteiger partial charge in [0.05, 0.1) is 63.5 Å². The minimum atomic E-state index is 0.224. The van der Waals surface area contributed by atoms with Crippen molar-refractivity contribution in [2.75, 3.05) is 94.6 Å². The number of piperazine rings is 3. The Bertz CT molecular complexity index is 1190. The van der Waals surface area contributed by atoms with Crippen LogP contribution in [0.4, 0.5) is 11.6 Å². The highest BCUT2D eigenvalue weighted by Crippen LogP contribution is 2.31. The molecule has 0 amide bonds. The first kappa shape index (κ1) is 26.6. The van der Waals surface area contributed by atoms with Crippen molar-refractivity contribution < 1.29 is 18.6 Å². The van der Waals surface area contributed by atoms with E-state index in [1.54, 1.807) is 6.92 Å². The van der Waals surface area contributed by atoms with Gasteiger partial charge in [0.15, 0.2) is 17.7 Å². The van der Waals surface area contributed by atoms with E-state index in [1.807, 2.05) is 6.26 Å². The summed E-state index contributed by atoms with van der Waals surface area (Å²) in [6.45, 7) is 13.9. The van der Waals surface area contributed by atoms with E-state index in [9.17, 15) is 9.59 Å². The van der Waals surface area contributed by atoms with Crippen LogP contribution in [0.3, 0.4) is 0 Å². The molecule has 0 atom stereocenters. The van der Waals surface area contributed by atoms with Crippen LogP contribution < -0.4 is 9.80 Å². The number of aldehydes is 2. The number of hydrogen-bond donors (Lipinski definition) is 0. The highest BCUT2D eigenvalue weighted by Gasteiger charge is 2.45. The standard InChI is InChI=1S/C24H32Cl2N8O2S/c1-17-27-20(25)18(15-35)22(28-17)31-3-7-33(8-4-31)11-13-34(14-12-33)9-5-32(6-10-34)23-19(16-36)21(26)29-24(30-23)37-2/h15-16H,3-14H2,1-2H3/q+2. The van der Waals surface area contributed by atoms with E-state index >= 15 is 0 Å². The van der Waals surface area contributed by atoms with E-state index in [-0.39, 0.29) is 10.3 Å². The molecule has 3 saturated heterocycles. The molecule has 0 aliphatic carbocycles. The van der Waals surface area contributed by atoms with Gasteiger partial charge in [-0.3, -0.25) is 9.59 Å². The molecule has 0 saturated carbocycles. The Morgan fingerprint density at radius 3 is 1.57 bits per heavy atom. The second-order valence-electron chi connectivity index (χ2n) is 10.2. The summed E-state index contributed by atoms with van der Waals surface area (Å²) in [6, 6.07) is 0. The number of aryl methyl sites for hydroxylation is 1. The molecule has 0 N–H and O–H groups in total. The van der Waals surface area contributed by atoms with Crippen LogP contribution in [0, 0.1) is 6.92 Å². The molecular formula is C24H32Cl2N8O2S+2. The Kier molecular flexibility index (Phi) is 7.61. The van der Waals surface area contributed by atoms with Gasteiger partial charge in [0, 0.05) is 0 Å². The van der Waals surface area contributed by atoms with Crippen LogP contribution in [0.1, 0.15) is 26.5 Å². The Balaban J connectivity index is 1.21. The topological polar surface area (TPSA) is 92.2 Å². The molecule has 3 fully saturated rings. The molecule has 3 aliphatic heterocycles. The van der Waals surface area contributed by atoms with Gasteiger partial charge in [-0.15, -0.1) is 0 Å². The molecule has 5 heterocycles. The molecule has 198 valence electrons. The normalized spacial score (nSPS) is 20.9. The maximum atomic E-state index is 11.7. The number of thioether (sulfide) groups is 1. The summed E-state index contributed by atoms with van der Waals surface area (Å²) >= 11 is 13.9. The fraction of sp³-hybridized carbons (Fsp3) is 0.583. The molecule has 2 aromatic heterocycles. The fourth-order valence-electron chi connectivity index (χ4n) is 5.89. The van der Waals surface area contributed by atoms with Crippen molar-refractivity contribution in [2.45, 2.75) is 12.1 Å². The lowest BCUT2D eigenvalue weighted by atomic mass is 10.1. The van der Waals surface area contributed by atoms with Gasteiger partial charge in [-0.05, 0) is 13.2 Å². The Morgan fingerprint density at radius 1 is 0.703 bits per heavy atom. The number of nitrogens with zero attached hydrogens (tertiary/aromatic N) is 8. The minimum absolute atomic E-state index is 0.224. The zero-order valence-corrected chi connectivity index (χ0v) is 23.5. The lowest BCUT2D eigenvalue weighted by Crippen LogP contribution is -2.73. The molecule has 0 aromatic carbocycles. The third-order valence-electron chi connectivity index (χ3n) is 8.34. The molecule has 13 heteroatoms. The molecule has 0 unspecified atom stereocenters. The lowest BCUT2D eigenvalue weighted by molar-refractivity contribution is -1.03. The van der Waals surface area contributed by atoms with Crippen LogP contribution in [0.15, 0.2) is 5.16 Å². The number of rotatable bonds is 5. The average Bonchev–Trinajstić information content (AvgIpc) is 2.91. The molecule has 37 heavy (non-hydrogen) atoms.